The van der Waals surface area contributed by atoms with Crippen molar-refractivity contribution in [2.45, 2.75) is 26.2 Å². The second-order valence-electron chi connectivity index (χ2n) is 6.18. The molecule has 0 aliphatic carbocycles. The molecule has 0 aliphatic rings. The molecule has 0 amide bonds. The third-order valence-electron chi connectivity index (χ3n) is 4.04. The van der Waals surface area contributed by atoms with Crippen LogP contribution in [0.4, 0.5) is 0 Å². The summed E-state index contributed by atoms with van der Waals surface area (Å²) in [4.78, 5) is 12.4. The highest BCUT2D eigenvalue weighted by Gasteiger charge is 2.17. The van der Waals surface area contributed by atoms with E-state index in [0.717, 1.165) is 11.1 Å². The molecule has 1 heterocycles. The third-order valence-corrected chi connectivity index (χ3v) is 4.04. The Labute approximate surface area is 144 Å². The summed E-state index contributed by atoms with van der Waals surface area (Å²) in [6.07, 6.45) is 0.455. The van der Waals surface area contributed by atoms with Crippen LogP contribution in [0.2, 0.25) is 0 Å². The number of benzene rings is 2. The van der Waals surface area contributed by atoms with Gasteiger partial charge in [0, 0.05) is 6.61 Å². The Kier molecular flexibility index (Phi) is 4.41. The van der Waals surface area contributed by atoms with Gasteiger partial charge in [0.05, 0.1) is 5.56 Å². The number of aromatic nitrogens is 3. The van der Waals surface area contributed by atoms with Crippen LogP contribution in [0.5, 0.6) is 5.75 Å². The van der Waals surface area contributed by atoms with Crippen LogP contribution in [0.3, 0.4) is 0 Å². The highest BCUT2D eigenvalue weighted by Crippen LogP contribution is 2.33. The van der Waals surface area contributed by atoms with Crippen molar-refractivity contribution < 1.29 is 20.1 Å². The molecule has 7 heteroatoms. The van der Waals surface area contributed by atoms with Gasteiger partial charge in [-0.3, -0.25) is 0 Å². The predicted molar refractivity (Wildman–Crippen MR) is 92.4 cm³/mol. The standard InChI is InChI=1S/C18H19N3O4/c1-10(2)13-7-11(5-6-22)8-16(17(13)23)21-19-14-4-3-12(18(24)25)9-15(14)20-21/h3-4,7-10,22-23H,5-6H2,1-2H3,(H,24,25). The van der Waals surface area contributed by atoms with Crippen molar-refractivity contribution in [1.29, 1.82) is 0 Å². The van der Waals surface area contributed by atoms with Crippen LogP contribution in [0.25, 0.3) is 16.7 Å². The zero-order chi connectivity index (χ0) is 18.1. The lowest BCUT2D eigenvalue weighted by molar-refractivity contribution is 0.0697. The van der Waals surface area contributed by atoms with Gasteiger partial charge in [0.25, 0.3) is 0 Å². The number of carbonyl (C=O) groups is 1. The lowest BCUT2D eigenvalue weighted by Gasteiger charge is -2.14. The average molecular weight is 341 g/mol. The van der Waals surface area contributed by atoms with Gasteiger partial charge in [-0.1, -0.05) is 19.9 Å². The van der Waals surface area contributed by atoms with Crippen molar-refractivity contribution in [3.05, 3.63) is 47.0 Å². The molecule has 3 N–H and O–H groups in total. The van der Waals surface area contributed by atoms with E-state index in [9.17, 15) is 15.0 Å². The SMILES string of the molecule is CC(C)c1cc(CCO)cc(-n2nc3ccc(C(=O)O)cc3n2)c1O. The lowest BCUT2D eigenvalue weighted by Crippen LogP contribution is -2.04. The topological polar surface area (TPSA) is 108 Å². The molecule has 3 rings (SSSR count). The molecule has 7 nitrogen and oxygen atoms in total. The molecule has 0 fully saturated rings. The Morgan fingerprint density at radius 2 is 1.88 bits per heavy atom. The molecule has 25 heavy (non-hydrogen) atoms. The second kappa shape index (κ2) is 6.52. The molecule has 2 aromatic carbocycles. The summed E-state index contributed by atoms with van der Waals surface area (Å²) in [7, 11) is 0. The molecule has 0 spiro atoms. The number of aromatic carboxylic acids is 1. The second-order valence-corrected chi connectivity index (χ2v) is 6.18. The van der Waals surface area contributed by atoms with E-state index in [1.807, 2.05) is 19.9 Å². The third kappa shape index (κ3) is 3.18. The van der Waals surface area contributed by atoms with Crippen LogP contribution in [0.15, 0.2) is 30.3 Å². The van der Waals surface area contributed by atoms with Gasteiger partial charge in [0.2, 0.25) is 0 Å². The summed E-state index contributed by atoms with van der Waals surface area (Å²) in [5, 5.41) is 37.6. The maximum absolute atomic E-state index is 11.1. The van der Waals surface area contributed by atoms with E-state index < -0.39 is 5.97 Å². The van der Waals surface area contributed by atoms with Gasteiger partial charge in [-0.25, -0.2) is 4.79 Å². The van der Waals surface area contributed by atoms with Crippen LogP contribution in [-0.2, 0) is 6.42 Å². The minimum atomic E-state index is -1.04. The minimum Gasteiger partial charge on any atom is -0.505 e. The average Bonchev–Trinajstić information content (AvgIpc) is 2.98. The monoisotopic (exact) mass is 341 g/mol. The number of hydrogen-bond donors (Lipinski definition) is 3. The summed E-state index contributed by atoms with van der Waals surface area (Å²) >= 11 is 0. The number of carboxylic acids is 1. The maximum Gasteiger partial charge on any atom is 0.335 e. The first kappa shape index (κ1) is 16.9. The Hall–Kier alpha value is -2.93. The number of hydrogen-bond acceptors (Lipinski definition) is 5. The number of nitrogens with zero attached hydrogens (tertiary/aromatic N) is 3. The van der Waals surface area contributed by atoms with Crippen LogP contribution in [-0.4, -0.2) is 42.9 Å². The number of aromatic hydroxyl groups is 1. The van der Waals surface area contributed by atoms with Gasteiger partial charge in [0.15, 0.2) is 0 Å². The van der Waals surface area contributed by atoms with Crippen LogP contribution in [0.1, 0.15) is 41.3 Å². The van der Waals surface area contributed by atoms with E-state index in [-0.39, 0.29) is 23.8 Å². The van der Waals surface area contributed by atoms with Crippen LogP contribution in [0, 0.1) is 0 Å². The fraction of sp³-hybridized carbons (Fsp3) is 0.278. The van der Waals surface area contributed by atoms with E-state index in [1.54, 1.807) is 12.1 Å². The van der Waals surface area contributed by atoms with Crippen molar-refractivity contribution in [3.63, 3.8) is 0 Å². The molecule has 0 bridgehead atoms. The molecule has 3 aromatic rings. The van der Waals surface area contributed by atoms with E-state index in [4.69, 9.17) is 5.11 Å². The molecular formula is C18H19N3O4. The maximum atomic E-state index is 11.1. The molecular weight excluding hydrogens is 322 g/mol. The smallest absolute Gasteiger partial charge is 0.335 e. The number of rotatable bonds is 5. The first-order chi connectivity index (χ1) is 11.9. The van der Waals surface area contributed by atoms with E-state index >= 15 is 0 Å². The summed E-state index contributed by atoms with van der Waals surface area (Å²) in [5.41, 5.74) is 3.10. The van der Waals surface area contributed by atoms with Gasteiger partial charge in [-0.2, -0.15) is 0 Å². The quantitative estimate of drug-likeness (QED) is 0.658. The number of carboxylic acid groups (broad SMARTS) is 1. The van der Waals surface area contributed by atoms with E-state index in [0.29, 0.717) is 23.1 Å². The number of aliphatic hydroxyl groups excluding tert-OH is 1. The van der Waals surface area contributed by atoms with Crippen molar-refractivity contribution in [3.8, 4) is 11.4 Å². The molecule has 0 atom stereocenters. The molecule has 0 unspecified atom stereocenters. The molecule has 0 radical (unpaired) electrons. The molecule has 0 aliphatic heterocycles. The Morgan fingerprint density at radius 1 is 1.16 bits per heavy atom. The first-order valence-corrected chi connectivity index (χ1v) is 7.98. The largest absolute Gasteiger partial charge is 0.505 e. The van der Waals surface area contributed by atoms with Crippen LogP contribution < -0.4 is 0 Å². The Morgan fingerprint density at radius 3 is 2.52 bits per heavy atom. The highest BCUT2D eigenvalue weighted by molar-refractivity contribution is 5.92. The fourth-order valence-corrected chi connectivity index (χ4v) is 2.72. The Bertz CT molecular complexity index is 947. The minimum absolute atomic E-state index is 0.00175. The molecule has 0 saturated heterocycles. The van der Waals surface area contributed by atoms with Gasteiger partial charge in [-0.15, -0.1) is 15.0 Å². The van der Waals surface area contributed by atoms with Gasteiger partial charge >= 0.3 is 5.97 Å². The first-order valence-electron chi connectivity index (χ1n) is 7.98. The Balaban J connectivity index is 2.17. The normalized spacial score (nSPS) is 11.4. The number of fused-ring (bicyclic) bond motifs is 1. The van der Waals surface area contributed by atoms with E-state index in [2.05, 4.69) is 10.2 Å². The van der Waals surface area contributed by atoms with Gasteiger partial charge < -0.3 is 15.3 Å². The fourth-order valence-electron chi connectivity index (χ4n) is 2.72. The van der Waals surface area contributed by atoms with E-state index in [1.165, 1.54) is 16.9 Å². The van der Waals surface area contributed by atoms with Crippen molar-refractivity contribution in [1.82, 2.24) is 15.0 Å². The van der Waals surface area contributed by atoms with Gasteiger partial charge in [-0.05, 0) is 47.7 Å². The van der Waals surface area contributed by atoms with Crippen molar-refractivity contribution >= 4 is 17.0 Å². The summed E-state index contributed by atoms with van der Waals surface area (Å²) in [6, 6.07) is 8.09. The van der Waals surface area contributed by atoms with Gasteiger partial charge in [0.1, 0.15) is 22.5 Å². The van der Waals surface area contributed by atoms with Crippen molar-refractivity contribution in [2.75, 3.05) is 6.61 Å². The molecule has 1 aromatic heterocycles. The van der Waals surface area contributed by atoms with Crippen LogP contribution >= 0.6 is 0 Å². The predicted octanol–water partition coefficient (Wildman–Crippen LogP) is 2.48. The molecule has 0 saturated carbocycles. The zero-order valence-corrected chi connectivity index (χ0v) is 14.0. The number of phenols is 1. The number of aliphatic hydroxyl groups is 1. The summed E-state index contributed by atoms with van der Waals surface area (Å²) in [6.45, 7) is 3.93. The molecule has 130 valence electrons. The summed E-state index contributed by atoms with van der Waals surface area (Å²) in [5.74, 6) is -0.872. The summed E-state index contributed by atoms with van der Waals surface area (Å²) < 4.78 is 0. The van der Waals surface area contributed by atoms with Crippen molar-refractivity contribution in [2.24, 2.45) is 0 Å². The lowest BCUT2D eigenvalue weighted by atomic mass is 9.97. The highest BCUT2D eigenvalue weighted by atomic mass is 16.4. The zero-order valence-electron chi connectivity index (χ0n) is 14.0. The number of phenolic OH excluding ortho intramolecular Hbond substituents is 1.